The summed E-state index contributed by atoms with van der Waals surface area (Å²) in [6.45, 7) is 16.4. The number of nitro groups is 1. The lowest BCUT2D eigenvalue weighted by Gasteiger charge is -2.60. The van der Waals surface area contributed by atoms with E-state index in [9.17, 15) is 25.1 Å². The second kappa shape index (κ2) is 19.6. The second-order valence-electron chi connectivity index (χ2n) is 15.9. The van der Waals surface area contributed by atoms with E-state index >= 15 is 0 Å². The average Bonchev–Trinajstić information content (AvgIpc) is 3.18. The van der Waals surface area contributed by atoms with Gasteiger partial charge < -0.3 is 34.0 Å². The number of non-ortho nitro benzene ring substituents is 1. The van der Waals surface area contributed by atoms with E-state index in [0.29, 0.717) is 43.1 Å². The highest BCUT2D eigenvalue weighted by Gasteiger charge is 2.65. The molecule has 310 valence electrons. The minimum absolute atomic E-state index is 0.0447. The first kappa shape index (κ1) is 43.4. The highest BCUT2D eigenvalue weighted by molar-refractivity contribution is 6.03. The molecule has 1 heterocycles. The van der Waals surface area contributed by atoms with Gasteiger partial charge >= 0.3 is 6.09 Å². The van der Waals surface area contributed by atoms with Crippen molar-refractivity contribution >= 4 is 17.5 Å². The summed E-state index contributed by atoms with van der Waals surface area (Å²) in [5.74, 6) is -0.648. The van der Waals surface area contributed by atoms with Gasteiger partial charge in [-0.3, -0.25) is 15.0 Å². The summed E-state index contributed by atoms with van der Waals surface area (Å²) in [5, 5.41) is 35.9. The molecule has 5 rings (SSSR count). The fourth-order valence-corrected chi connectivity index (χ4v) is 8.50. The number of nitro benzene ring substituents is 1. The van der Waals surface area contributed by atoms with Crippen LogP contribution >= 0.6 is 0 Å². The zero-order valence-electron chi connectivity index (χ0n) is 33.8. The Labute approximate surface area is 336 Å². The summed E-state index contributed by atoms with van der Waals surface area (Å²) >= 11 is 0. The summed E-state index contributed by atoms with van der Waals surface area (Å²) < 4.78 is 26.2. The number of nitrogens with zero attached hydrogens (tertiary/aromatic N) is 3. The third-order valence-corrected chi connectivity index (χ3v) is 10.8. The standard InChI is InChI=1S/C44H59N3O10/c1-7-22-46(42(50)55-32-18-16-31(17-19-32)47(51)52)39-29-37(45-57-43(4,5)6)35-27-30(14-10-12-23-48)34(15-11-13-24-49)40-36-28-33(53-25-8-2)20-21-38(36)56-44(39,41(35)40)54-26-9-3/h8-9,16-21,27-28,30,34,39-41,48-49H,2-3,7,10-15,22-26,29H2,1,4-6H3. The summed E-state index contributed by atoms with van der Waals surface area (Å²) in [4.78, 5) is 33.1. The Morgan fingerprint density at radius 1 is 1.04 bits per heavy atom. The Hall–Kier alpha value is -4.72. The minimum Gasteiger partial charge on any atom is -0.490 e. The topological polar surface area (TPSA) is 162 Å². The van der Waals surface area contributed by atoms with Crippen LogP contribution in [0.15, 0.2) is 84.6 Å². The van der Waals surface area contributed by atoms with Gasteiger partial charge in [-0.25, -0.2) is 4.79 Å². The van der Waals surface area contributed by atoms with Gasteiger partial charge in [0.2, 0.25) is 5.79 Å². The molecule has 1 saturated carbocycles. The number of oxime groups is 1. The SMILES string of the molecule is C=CCOc1ccc2c(c1)C1C(CCCCO)C(CCCCO)C=C3C(=NOC(C)(C)C)CC(N(CCC)C(=O)Oc4ccc([N+](=O)[O-])cc4)C(OCC=C)(O2)C31. The first-order valence-electron chi connectivity index (χ1n) is 20.1. The van der Waals surface area contributed by atoms with Crippen LogP contribution in [0.3, 0.4) is 0 Å². The Kier molecular flexibility index (Phi) is 14.9. The Bertz CT molecular complexity index is 1770. The van der Waals surface area contributed by atoms with Crippen LogP contribution in [0.5, 0.6) is 17.2 Å². The van der Waals surface area contributed by atoms with Crippen molar-refractivity contribution in [2.75, 3.05) is 33.0 Å². The summed E-state index contributed by atoms with van der Waals surface area (Å²) in [5.41, 5.74) is 1.78. The van der Waals surface area contributed by atoms with Crippen LogP contribution in [0.1, 0.15) is 90.5 Å². The van der Waals surface area contributed by atoms with Gasteiger partial charge in [-0.2, -0.15) is 0 Å². The molecule has 0 saturated heterocycles. The van der Waals surface area contributed by atoms with E-state index in [1.165, 1.54) is 24.3 Å². The van der Waals surface area contributed by atoms with Crippen molar-refractivity contribution < 1.29 is 43.7 Å². The van der Waals surface area contributed by atoms with Gasteiger partial charge in [0.05, 0.1) is 23.2 Å². The van der Waals surface area contributed by atoms with E-state index in [2.05, 4.69) is 19.2 Å². The summed E-state index contributed by atoms with van der Waals surface area (Å²) in [6.07, 6.45) is 10.3. The molecule has 2 aromatic rings. The molecule has 1 aliphatic heterocycles. The van der Waals surface area contributed by atoms with E-state index in [1.807, 2.05) is 45.9 Å². The quantitative estimate of drug-likeness (QED) is 0.0576. The zero-order valence-corrected chi connectivity index (χ0v) is 33.8. The second-order valence-corrected chi connectivity index (χ2v) is 15.9. The first-order chi connectivity index (χ1) is 27.4. The number of hydrogen-bond donors (Lipinski definition) is 2. The Morgan fingerprint density at radius 2 is 1.72 bits per heavy atom. The number of benzene rings is 2. The lowest BCUT2D eigenvalue weighted by molar-refractivity contribution is -0.384. The van der Waals surface area contributed by atoms with Crippen LogP contribution in [0.4, 0.5) is 10.5 Å². The van der Waals surface area contributed by atoms with E-state index in [1.54, 1.807) is 17.1 Å². The molecule has 2 N–H and O–H groups in total. The molecule has 1 fully saturated rings. The number of amides is 1. The maximum atomic E-state index is 14.5. The van der Waals surface area contributed by atoms with Crippen molar-refractivity contribution in [2.45, 2.75) is 102 Å². The molecule has 2 aliphatic carbocycles. The fraction of sp³-hybridized carbons (Fsp3) is 0.545. The molecular weight excluding hydrogens is 730 g/mol. The van der Waals surface area contributed by atoms with Gasteiger partial charge in [-0.05, 0) is 101 Å². The van der Waals surface area contributed by atoms with E-state index in [-0.39, 0.29) is 62.0 Å². The highest BCUT2D eigenvalue weighted by Crippen LogP contribution is 2.62. The van der Waals surface area contributed by atoms with Crippen molar-refractivity contribution in [3.8, 4) is 17.2 Å². The lowest BCUT2D eigenvalue weighted by Crippen LogP contribution is -2.70. The molecule has 13 heteroatoms. The van der Waals surface area contributed by atoms with Gasteiger partial charge in [0.15, 0.2) is 0 Å². The Morgan fingerprint density at radius 3 is 2.35 bits per heavy atom. The van der Waals surface area contributed by atoms with Crippen molar-refractivity contribution in [2.24, 2.45) is 22.9 Å². The van der Waals surface area contributed by atoms with Crippen LogP contribution in [0, 0.1) is 27.9 Å². The number of carbonyl (C=O) groups excluding carboxylic acids is 1. The maximum absolute atomic E-state index is 14.5. The van der Waals surface area contributed by atoms with E-state index < -0.39 is 34.4 Å². The number of unbranched alkanes of at least 4 members (excludes halogenated alkanes) is 2. The molecule has 3 aliphatic rings. The normalized spacial score (nSPS) is 24.3. The molecule has 2 aromatic carbocycles. The van der Waals surface area contributed by atoms with Gasteiger partial charge in [0.1, 0.15) is 35.5 Å². The number of rotatable bonds is 20. The number of carbonyl (C=O) groups is 1. The number of ether oxygens (including phenoxy) is 4. The molecule has 0 bridgehead atoms. The largest absolute Gasteiger partial charge is 0.490 e. The predicted octanol–water partition coefficient (Wildman–Crippen LogP) is 8.50. The van der Waals surface area contributed by atoms with Gasteiger partial charge in [-0.15, -0.1) is 6.58 Å². The molecule has 6 atom stereocenters. The number of hydrogen-bond acceptors (Lipinski definition) is 11. The smallest absolute Gasteiger partial charge is 0.415 e. The van der Waals surface area contributed by atoms with Crippen molar-refractivity contribution in [1.29, 1.82) is 0 Å². The third kappa shape index (κ3) is 10.1. The van der Waals surface area contributed by atoms with E-state index in [0.717, 1.165) is 36.8 Å². The molecule has 57 heavy (non-hydrogen) atoms. The van der Waals surface area contributed by atoms with Crippen LogP contribution < -0.4 is 14.2 Å². The highest BCUT2D eigenvalue weighted by atomic mass is 16.7. The Balaban J connectivity index is 1.76. The van der Waals surface area contributed by atoms with Crippen molar-refractivity contribution in [3.05, 3.63) is 95.1 Å². The average molecular weight is 790 g/mol. The summed E-state index contributed by atoms with van der Waals surface area (Å²) in [6, 6.07) is 10.4. The molecule has 0 aromatic heterocycles. The van der Waals surface area contributed by atoms with Crippen LogP contribution in [-0.2, 0) is 9.57 Å². The monoisotopic (exact) mass is 789 g/mol. The van der Waals surface area contributed by atoms with Crippen LogP contribution in [0.25, 0.3) is 0 Å². The van der Waals surface area contributed by atoms with Crippen LogP contribution in [-0.4, -0.2) is 82.2 Å². The predicted molar refractivity (Wildman–Crippen MR) is 218 cm³/mol. The molecule has 1 amide bonds. The molecule has 6 unspecified atom stereocenters. The van der Waals surface area contributed by atoms with Crippen LogP contribution in [0.2, 0.25) is 0 Å². The molecule has 0 spiro atoms. The van der Waals surface area contributed by atoms with Gasteiger partial charge in [0, 0.05) is 49.8 Å². The number of fused-ring (bicyclic) bond motifs is 2. The number of aliphatic hydroxyl groups excluding tert-OH is 2. The fourth-order valence-electron chi connectivity index (χ4n) is 8.50. The first-order valence-corrected chi connectivity index (χ1v) is 20.1. The number of aliphatic hydroxyl groups is 2. The zero-order chi connectivity index (χ0) is 41.2. The third-order valence-electron chi connectivity index (χ3n) is 10.8. The molecule has 0 radical (unpaired) electrons. The van der Waals surface area contributed by atoms with Gasteiger partial charge in [-0.1, -0.05) is 49.7 Å². The molecule has 13 nitrogen and oxygen atoms in total. The van der Waals surface area contributed by atoms with E-state index in [4.69, 9.17) is 28.9 Å². The minimum atomic E-state index is -1.46. The molecular formula is C44H59N3O10. The lowest BCUT2D eigenvalue weighted by atomic mass is 9.55. The summed E-state index contributed by atoms with van der Waals surface area (Å²) in [7, 11) is 0. The van der Waals surface area contributed by atoms with Crippen molar-refractivity contribution in [3.63, 3.8) is 0 Å². The maximum Gasteiger partial charge on any atom is 0.415 e. The van der Waals surface area contributed by atoms with Gasteiger partial charge in [0.25, 0.3) is 5.69 Å². The van der Waals surface area contributed by atoms with Crippen molar-refractivity contribution in [1.82, 2.24) is 4.90 Å². The number of allylic oxidation sites excluding steroid dienone is 1.